The van der Waals surface area contributed by atoms with Gasteiger partial charge in [-0.2, -0.15) is 24.5 Å². The predicted molar refractivity (Wildman–Crippen MR) is 66.4 cm³/mol. The molecule has 0 amide bonds. The topological polar surface area (TPSA) is 26.0 Å². The van der Waals surface area contributed by atoms with E-state index in [2.05, 4.69) is 0 Å². The number of halogens is 4. The van der Waals surface area contributed by atoms with Crippen molar-refractivity contribution in [3.63, 3.8) is 0 Å². The van der Waals surface area contributed by atoms with Gasteiger partial charge < -0.3 is 5.73 Å². The van der Waals surface area contributed by atoms with E-state index in [4.69, 9.17) is 5.73 Å². The third-order valence-corrected chi connectivity index (χ3v) is 3.49. The molecule has 1 aromatic heterocycles. The fraction of sp³-hybridized carbons (Fsp3) is 0.231. The lowest BCUT2D eigenvalue weighted by Crippen LogP contribution is -2.15. The molecule has 2 rings (SSSR count). The molecule has 0 saturated carbocycles. The Balaban J connectivity index is 2.20. The van der Waals surface area contributed by atoms with Gasteiger partial charge in [-0.3, -0.25) is 0 Å². The van der Waals surface area contributed by atoms with E-state index < -0.39 is 23.6 Å². The Kier molecular flexibility index (Phi) is 3.91. The van der Waals surface area contributed by atoms with E-state index in [1.54, 1.807) is 0 Å². The third kappa shape index (κ3) is 3.33. The third-order valence-electron chi connectivity index (χ3n) is 2.76. The van der Waals surface area contributed by atoms with Gasteiger partial charge >= 0.3 is 6.18 Å². The number of thiophene rings is 1. The predicted octanol–water partition coefficient (Wildman–Crippen LogP) is 4.15. The van der Waals surface area contributed by atoms with E-state index in [1.165, 1.54) is 17.4 Å². The highest BCUT2D eigenvalue weighted by atomic mass is 32.1. The van der Waals surface area contributed by atoms with Crippen LogP contribution >= 0.6 is 11.3 Å². The summed E-state index contributed by atoms with van der Waals surface area (Å²) in [5, 5.41) is 3.79. The highest BCUT2D eigenvalue weighted by Crippen LogP contribution is 2.32. The summed E-state index contributed by atoms with van der Waals surface area (Å²) < 4.78 is 50.7. The first-order valence-electron chi connectivity index (χ1n) is 5.51. The largest absolute Gasteiger partial charge is 0.419 e. The molecule has 19 heavy (non-hydrogen) atoms. The van der Waals surface area contributed by atoms with Gasteiger partial charge in [0.25, 0.3) is 0 Å². The molecule has 0 aliphatic rings. The first-order chi connectivity index (χ1) is 8.88. The van der Waals surface area contributed by atoms with E-state index >= 15 is 0 Å². The molecule has 1 aromatic carbocycles. The Morgan fingerprint density at radius 1 is 1.21 bits per heavy atom. The van der Waals surface area contributed by atoms with Crippen molar-refractivity contribution in [1.29, 1.82) is 0 Å². The molecule has 0 saturated heterocycles. The Bertz CT molecular complexity index is 548. The van der Waals surface area contributed by atoms with Gasteiger partial charge in [-0.05, 0) is 46.5 Å². The van der Waals surface area contributed by atoms with E-state index in [1.807, 2.05) is 16.8 Å². The lowest BCUT2D eigenvalue weighted by molar-refractivity contribution is -0.140. The number of alkyl halides is 3. The molecule has 2 N–H and O–H groups in total. The van der Waals surface area contributed by atoms with Crippen LogP contribution in [0.5, 0.6) is 0 Å². The summed E-state index contributed by atoms with van der Waals surface area (Å²) in [5.41, 5.74) is 5.95. The highest BCUT2D eigenvalue weighted by Gasteiger charge is 2.34. The second-order valence-corrected chi connectivity index (χ2v) is 4.96. The second-order valence-electron chi connectivity index (χ2n) is 4.18. The Morgan fingerprint density at radius 2 is 1.95 bits per heavy atom. The van der Waals surface area contributed by atoms with Gasteiger partial charge in [0.2, 0.25) is 0 Å². The molecule has 102 valence electrons. The van der Waals surface area contributed by atoms with Crippen molar-refractivity contribution in [2.24, 2.45) is 5.73 Å². The van der Waals surface area contributed by atoms with Gasteiger partial charge in [0.1, 0.15) is 5.82 Å². The van der Waals surface area contributed by atoms with Crippen LogP contribution in [0.15, 0.2) is 35.0 Å². The van der Waals surface area contributed by atoms with E-state index in [9.17, 15) is 17.6 Å². The maximum Gasteiger partial charge on any atom is 0.419 e. The Morgan fingerprint density at radius 3 is 2.47 bits per heavy atom. The van der Waals surface area contributed by atoms with Gasteiger partial charge in [0.15, 0.2) is 0 Å². The zero-order chi connectivity index (χ0) is 14.0. The van der Waals surface area contributed by atoms with Gasteiger partial charge in [0.05, 0.1) is 5.56 Å². The molecule has 6 heteroatoms. The fourth-order valence-corrected chi connectivity index (χ4v) is 2.45. The van der Waals surface area contributed by atoms with Crippen LogP contribution in [0.1, 0.15) is 22.7 Å². The summed E-state index contributed by atoms with van der Waals surface area (Å²) in [6.45, 7) is 0. The van der Waals surface area contributed by atoms with Crippen LogP contribution in [0.3, 0.4) is 0 Å². The standard InChI is InChI=1S/C13H11F4NS/c14-11-6-9(1-2-10(11)13(15,16)17)12(18)5-8-3-4-19-7-8/h1-4,6-7,12H,5,18H2. The second kappa shape index (κ2) is 5.30. The van der Waals surface area contributed by atoms with E-state index in [0.29, 0.717) is 12.0 Å². The smallest absolute Gasteiger partial charge is 0.324 e. The SMILES string of the molecule is NC(Cc1ccsc1)c1ccc(C(F)(F)F)c(F)c1. The summed E-state index contributed by atoms with van der Waals surface area (Å²) in [7, 11) is 0. The van der Waals surface area contributed by atoms with E-state index in [0.717, 1.165) is 17.7 Å². The molecule has 1 nitrogen and oxygen atoms in total. The quantitative estimate of drug-likeness (QED) is 0.844. The molecule has 0 radical (unpaired) electrons. The lowest BCUT2D eigenvalue weighted by Gasteiger charge is -2.14. The maximum atomic E-state index is 13.4. The van der Waals surface area contributed by atoms with Crippen LogP contribution in [0.4, 0.5) is 17.6 Å². The molecule has 0 spiro atoms. The monoisotopic (exact) mass is 289 g/mol. The summed E-state index contributed by atoms with van der Waals surface area (Å²) in [6, 6.07) is 4.18. The van der Waals surface area contributed by atoms with Gasteiger partial charge in [-0.25, -0.2) is 4.39 Å². The molecule has 1 atom stereocenters. The maximum absolute atomic E-state index is 13.4. The van der Waals surface area contributed by atoms with Crippen molar-refractivity contribution < 1.29 is 17.6 Å². The first kappa shape index (κ1) is 14.0. The number of nitrogens with two attached hydrogens (primary N) is 1. The molecular weight excluding hydrogens is 278 g/mol. The normalized spacial score (nSPS) is 13.5. The van der Waals surface area contributed by atoms with Crippen LogP contribution in [-0.2, 0) is 12.6 Å². The van der Waals surface area contributed by atoms with Crippen LogP contribution in [-0.4, -0.2) is 0 Å². The number of hydrogen-bond acceptors (Lipinski definition) is 2. The first-order valence-corrected chi connectivity index (χ1v) is 6.45. The number of rotatable bonds is 3. The summed E-state index contributed by atoms with van der Waals surface area (Å²) in [4.78, 5) is 0. The van der Waals surface area contributed by atoms with Crippen LogP contribution in [0.25, 0.3) is 0 Å². The van der Waals surface area contributed by atoms with Crippen molar-refractivity contribution >= 4 is 11.3 Å². The summed E-state index contributed by atoms with van der Waals surface area (Å²) in [6.07, 6.45) is -4.21. The van der Waals surface area contributed by atoms with Crippen molar-refractivity contribution in [3.05, 3.63) is 57.5 Å². The molecule has 2 aromatic rings. The molecule has 0 aliphatic heterocycles. The van der Waals surface area contributed by atoms with E-state index in [-0.39, 0.29) is 0 Å². The summed E-state index contributed by atoms with van der Waals surface area (Å²) in [5.74, 6) is -1.29. The molecule has 0 bridgehead atoms. The molecular formula is C13H11F4NS. The zero-order valence-electron chi connectivity index (χ0n) is 9.75. The highest BCUT2D eigenvalue weighted by molar-refractivity contribution is 7.07. The lowest BCUT2D eigenvalue weighted by atomic mass is 10.00. The minimum absolute atomic E-state index is 0.358. The fourth-order valence-electron chi connectivity index (χ4n) is 1.77. The summed E-state index contributed by atoms with van der Waals surface area (Å²) >= 11 is 1.51. The van der Waals surface area contributed by atoms with Crippen molar-refractivity contribution in [1.82, 2.24) is 0 Å². The zero-order valence-corrected chi connectivity index (χ0v) is 10.6. The molecule has 1 unspecified atom stereocenters. The van der Waals surface area contributed by atoms with Gasteiger partial charge in [-0.1, -0.05) is 6.07 Å². The minimum atomic E-state index is -4.68. The van der Waals surface area contributed by atoms with Crippen LogP contribution < -0.4 is 5.73 Å². The van der Waals surface area contributed by atoms with Crippen molar-refractivity contribution in [2.45, 2.75) is 18.6 Å². The average molecular weight is 289 g/mol. The van der Waals surface area contributed by atoms with Gasteiger partial charge in [0, 0.05) is 6.04 Å². The average Bonchev–Trinajstić information content (AvgIpc) is 2.79. The Labute approximate surface area is 111 Å². The minimum Gasteiger partial charge on any atom is -0.324 e. The number of benzene rings is 1. The number of hydrogen-bond donors (Lipinski definition) is 1. The van der Waals surface area contributed by atoms with Crippen molar-refractivity contribution in [3.8, 4) is 0 Å². The van der Waals surface area contributed by atoms with Crippen LogP contribution in [0.2, 0.25) is 0 Å². The van der Waals surface area contributed by atoms with Crippen LogP contribution in [0, 0.1) is 5.82 Å². The van der Waals surface area contributed by atoms with Crippen molar-refractivity contribution in [2.75, 3.05) is 0 Å². The molecule has 0 fully saturated rings. The molecule has 1 heterocycles. The van der Waals surface area contributed by atoms with Gasteiger partial charge in [-0.15, -0.1) is 0 Å². The Hall–Kier alpha value is -1.40. The molecule has 0 aliphatic carbocycles.